The number of anilines is 2. The number of rotatable bonds is 6. The van der Waals surface area contributed by atoms with E-state index < -0.39 is 34.9 Å². The maximum absolute atomic E-state index is 13.7. The molecule has 2 amide bonds. The molecule has 13 heteroatoms. The Morgan fingerprint density at radius 1 is 1.05 bits per heavy atom. The maximum Gasteiger partial charge on any atom is 0.417 e. The first-order valence-corrected chi connectivity index (χ1v) is 11.1. The molecule has 3 N–H and O–H groups in total. The second-order valence-corrected chi connectivity index (χ2v) is 8.45. The van der Waals surface area contributed by atoms with Gasteiger partial charge in [0.05, 0.1) is 22.2 Å². The Kier molecular flexibility index (Phi) is 8.65. The number of amides is 2. The molecular formula is C25H20Cl2F4N4O3. The Bertz CT molecular complexity index is 1520. The van der Waals surface area contributed by atoms with Crippen LogP contribution in [0.3, 0.4) is 0 Å². The molecule has 3 aromatic carbocycles. The number of carbonyl (C=O) groups is 2. The van der Waals surface area contributed by atoms with Gasteiger partial charge in [0.25, 0.3) is 11.8 Å². The summed E-state index contributed by atoms with van der Waals surface area (Å²) < 4.78 is 59.0. The molecule has 0 atom stereocenters. The average molecular weight is 571 g/mol. The second kappa shape index (κ2) is 11.4. The zero-order valence-electron chi connectivity index (χ0n) is 19.8. The number of alkyl halides is 3. The molecule has 4 aromatic rings. The fraction of sp³-hybridized carbons (Fsp3) is 0.160. The summed E-state index contributed by atoms with van der Waals surface area (Å²) in [7, 11) is 1.45. The Hall–Kier alpha value is -3.67. The number of aromatic nitrogens is 2. The van der Waals surface area contributed by atoms with Gasteiger partial charge in [0.15, 0.2) is 0 Å². The Morgan fingerprint density at radius 2 is 1.76 bits per heavy atom. The highest BCUT2D eigenvalue weighted by atomic mass is 35.5. The van der Waals surface area contributed by atoms with Crippen molar-refractivity contribution in [2.75, 3.05) is 17.7 Å². The number of carbonyl (C=O) groups excluding carboxylic acids is 2. The number of ether oxygens (including phenoxy) is 1. The molecule has 1 aromatic heterocycles. The van der Waals surface area contributed by atoms with E-state index >= 15 is 0 Å². The quantitative estimate of drug-likeness (QED) is 0.223. The van der Waals surface area contributed by atoms with Gasteiger partial charge in [-0.25, -0.2) is 9.37 Å². The largest absolute Gasteiger partial charge is 0.417 e. The summed E-state index contributed by atoms with van der Waals surface area (Å²) in [4.78, 5) is 33.3. The molecule has 0 radical (unpaired) electrons. The number of benzene rings is 3. The van der Waals surface area contributed by atoms with E-state index in [2.05, 4.69) is 20.6 Å². The fourth-order valence-corrected chi connectivity index (χ4v) is 3.88. The lowest BCUT2D eigenvalue weighted by Crippen LogP contribution is -2.20. The lowest BCUT2D eigenvalue weighted by Gasteiger charge is -2.14. The zero-order chi connectivity index (χ0) is 26.9. The Balaban J connectivity index is 0.00000400. The summed E-state index contributed by atoms with van der Waals surface area (Å²) in [6.45, 7) is 1.80. The minimum absolute atomic E-state index is 0. The van der Waals surface area contributed by atoms with Crippen molar-refractivity contribution in [1.29, 1.82) is 0 Å². The van der Waals surface area contributed by atoms with E-state index in [-0.39, 0.29) is 35.8 Å². The van der Waals surface area contributed by atoms with Gasteiger partial charge in [-0.15, -0.1) is 12.4 Å². The van der Waals surface area contributed by atoms with Crippen LogP contribution < -0.4 is 10.6 Å². The SMILES string of the molecule is COCc1nc2c(C(=O)Nc3cccc(Cl)c3C)cc(NC(=O)c3cc(F)ccc3C(F)(F)F)cc2[nH]1.Cl. The van der Waals surface area contributed by atoms with Gasteiger partial charge in [0.2, 0.25) is 0 Å². The predicted molar refractivity (Wildman–Crippen MR) is 138 cm³/mol. The van der Waals surface area contributed by atoms with E-state index in [0.29, 0.717) is 45.8 Å². The predicted octanol–water partition coefficient (Wildman–Crippen LogP) is 6.76. The first kappa shape index (κ1) is 28.9. The number of H-pyrrole nitrogens is 1. The number of fused-ring (bicyclic) bond motifs is 1. The van der Waals surface area contributed by atoms with Gasteiger partial charge in [-0.05, 0) is 55.0 Å². The third-order valence-corrected chi connectivity index (χ3v) is 5.88. The number of aromatic amines is 1. The normalized spacial score (nSPS) is 11.2. The molecule has 0 saturated carbocycles. The van der Waals surface area contributed by atoms with Crippen molar-refractivity contribution in [2.24, 2.45) is 0 Å². The molecule has 200 valence electrons. The lowest BCUT2D eigenvalue weighted by molar-refractivity contribution is -0.137. The van der Waals surface area contributed by atoms with Crippen LogP contribution in [0.5, 0.6) is 0 Å². The topological polar surface area (TPSA) is 96.1 Å². The summed E-state index contributed by atoms with van der Waals surface area (Å²) in [5.41, 5.74) is -0.606. The molecule has 0 bridgehead atoms. The molecule has 4 rings (SSSR count). The highest BCUT2D eigenvalue weighted by Gasteiger charge is 2.35. The number of nitrogens with one attached hydrogen (secondary N) is 3. The van der Waals surface area contributed by atoms with E-state index in [1.54, 1.807) is 25.1 Å². The highest BCUT2D eigenvalue weighted by molar-refractivity contribution is 6.31. The van der Waals surface area contributed by atoms with Crippen molar-refractivity contribution in [3.63, 3.8) is 0 Å². The van der Waals surface area contributed by atoms with Gasteiger partial charge in [-0.3, -0.25) is 9.59 Å². The van der Waals surface area contributed by atoms with Crippen molar-refractivity contribution >= 4 is 58.2 Å². The summed E-state index contributed by atoms with van der Waals surface area (Å²) >= 11 is 6.14. The van der Waals surface area contributed by atoms with Crippen LogP contribution in [0.15, 0.2) is 48.5 Å². The Labute approximate surface area is 225 Å². The number of nitrogens with zero attached hydrogens (tertiary/aromatic N) is 1. The van der Waals surface area contributed by atoms with Crippen LogP contribution in [0.25, 0.3) is 11.0 Å². The van der Waals surface area contributed by atoms with Gasteiger partial charge in [0.1, 0.15) is 23.8 Å². The van der Waals surface area contributed by atoms with Crippen molar-refractivity contribution in [3.05, 3.63) is 87.4 Å². The van der Waals surface area contributed by atoms with Crippen LogP contribution >= 0.6 is 24.0 Å². The van der Waals surface area contributed by atoms with Gasteiger partial charge in [-0.2, -0.15) is 13.2 Å². The van der Waals surface area contributed by atoms with Gasteiger partial charge in [0, 0.05) is 23.5 Å². The number of hydrogen-bond acceptors (Lipinski definition) is 4. The van der Waals surface area contributed by atoms with E-state index in [4.69, 9.17) is 16.3 Å². The molecule has 0 aliphatic rings. The van der Waals surface area contributed by atoms with Crippen molar-refractivity contribution in [3.8, 4) is 0 Å². The van der Waals surface area contributed by atoms with Crippen LogP contribution in [0.4, 0.5) is 28.9 Å². The van der Waals surface area contributed by atoms with Crippen LogP contribution in [0.1, 0.15) is 37.7 Å². The van der Waals surface area contributed by atoms with Crippen LogP contribution in [-0.4, -0.2) is 28.9 Å². The van der Waals surface area contributed by atoms with Crippen molar-refractivity contribution in [1.82, 2.24) is 9.97 Å². The number of methoxy groups -OCH3 is 1. The Morgan fingerprint density at radius 3 is 2.45 bits per heavy atom. The standard InChI is InChI=1S/C25H19ClF4N4O3.ClH/c1-12-18(26)4-3-5-19(12)33-24(36)16-9-14(10-20-22(16)34-21(32-20)11-37-2)31-23(35)15-8-13(27)6-7-17(15)25(28,29)30;/h3-10H,11H2,1-2H3,(H,31,35)(H,32,34)(H,33,36);1H. The van der Waals surface area contributed by atoms with Crippen molar-refractivity contribution < 1.29 is 31.9 Å². The summed E-state index contributed by atoms with van der Waals surface area (Å²) in [6.07, 6.45) is -4.89. The smallest absolute Gasteiger partial charge is 0.377 e. The summed E-state index contributed by atoms with van der Waals surface area (Å²) in [5, 5.41) is 5.49. The van der Waals surface area contributed by atoms with E-state index in [0.717, 1.165) is 0 Å². The molecule has 0 saturated heterocycles. The highest BCUT2D eigenvalue weighted by Crippen LogP contribution is 2.33. The molecule has 38 heavy (non-hydrogen) atoms. The summed E-state index contributed by atoms with van der Waals surface area (Å²) in [6, 6.07) is 9.23. The third kappa shape index (κ3) is 6.07. The van der Waals surface area contributed by atoms with E-state index in [9.17, 15) is 27.2 Å². The molecule has 0 unspecified atom stereocenters. The molecule has 0 aliphatic heterocycles. The second-order valence-electron chi connectivity index (χ2n) is 8.04. The molecule has 1 heterocycles. The molecule has 7 nitrogen and oxygen atoms in total. The van der Waals surface area contributed by atoms with E-state index in [1.807, 2.05) is 0 Å². The molecule has 0 spiro atoms. The van der Waals surface area contributed by atoms with Crippen molar-refractivity contribution in [2.45, 2.75) is 19.7 Å². The first-order chi connectivity index (χ1) is 17.5. The van der Waals surface area contributed by atoms with Gasteiger partial charge < -0.3 is 20.4 Å². The van der Waals surface area contributed by atoms with Crippen LogP contribution in [0.2, 0.25) is 5.02 Å². The van der Waals surface area contributed by atoms with E-state index in [1.165, 1.54) is 19.2 Å². The maximum atomic E-state index is 13.7. The van der Waals surface area contributed by atoms with Gasteiger partial charge >= 0.3 is 6.18 Å². The number of halogens is 6. The lowest BCUT2D eigenvalue weighted by atomic mass is 10.1. The monoisotopic (exact) mass is 570 g/mol. The molecule has 0 fully saturated rings. The van der Waals surface area contributed by atoms with Gasteiger partial charge in [-0.1, -0.05) is 17.7 Å². The minimum atomic E-state index is -4.89. The fourth-order valence-electron chi connectivity index (χ4n) is 3.70. The summed E-state index contributed by atoms with van der Waals surface area (Å²) in [5.74, 6) is -2.45. The minimum Gasteiger partial charge on any atom is -0.377 e. The molecular weight excluding hydrogens is 551 g/mol. The van der Waals surface area contributed by atoms with Crippen LogP contribution in [0, 0.1) is 12.7 Å². The molecule has 0 aliphatic carbocycles. The first-order valence-electron chi connectivity index (χ1n) is 10.7. The number of hydrogen-bond donors (Lipinski definition) is 3. The van der Waals surface area contributed by atoms with Crippen LogP contribution in [-0.2, 0) is 17.5 Å². The zero-order valence-corrected chi connectivity index (χ0v) is 21.4. The average Bonchev–Trinajstić information content (AvgIpc) is 3.23. The number of imidazole rings is 1. The third-order valence-electron chi connectivity index (χ3n) is 5.47.